The fourth-order valence-electron chi connectivity index (χ4n) is 2.42. The van der Waals surface area contributed by atoms with Crippen molar-refractivity contribution in [1.29, 1.82) is 0 Å². The Labute approximate surface area is 127 Å². The molecule has 0 spiro atoms. The molecule has 1 aromatic rings. The van der Waals surface area contributed by atoms with Gasteiger partial charge < -0.3 is 20.1 Å². The summed E-state index contributed by atoms with van der Waals surface area (Å²) in [6, 6.07) is 2.14. The van der Waals surface area contributed by atoms with Crippen LogP contribution in [0.2, 0.25) is 0 Å². The van der Waals surface area contributed by atoms with Gasteiger partial charge in [0.25, 0.3) is 0 Å². The van der Waals surface area contributed by atoms with Gasteiger partial charge in [-0.2, -0.15) is 0 Å². The lowest BCUT2D eigenvalue weighted by atomic mass is 10.1. The SMILES string of the molecule is CCOC1CCCN(C(=O)NC(C(=O)O)c2cccs2)C1. The van der Waals surface area contributed by atoms with E-state index in [1.807, 2.05) is 6.92 Å². The number of carbonyl (C=O) groups excluding carboxylic acids is 1. The number of ether oxygens (including phenoxy) is 1. The first kappa shape index (κ1) is 15.8. The largest absolute Gasteiger partial charge is 0.479 e. The number of hydrogen-bond donors (Lipinski definition) is 2. The van der Waals surface area contributed by atoms with Crippen LogP contribution in [-0.4, -0.2) is 47.8 Å². The minimum absolute atomic E-state index is 0.0412. The van der Waals surface area contributed by atoms with Gasteiger partial charge in [0.1, 0.15) is 0 Å². The maximum absolute atomic E-state index is 12.3. The summed E-state index contributed by atoms with van der Waals surface area (Å²) in [5.41, 5.74) is 0. The summed E-state index contributed by atoms with van der Waals surface area (Å²) in [6.45, 7) is 3.69. The van der Waals surface area contributed by atoms with E-state index >= 15 is 0 Å². The number of hydrogen-bond acceptors (Lipinski definition) is 4. The summed E-state index contributed by atoms with van der Waals surface area (Å²) in [6.07, 6.45) is 1.85. The highest BCUT2D eigenvalue weighted by atomic mass is 32.1. The summed E-state index contributed by atoms with van der Waals surface area (Å²) < 4.78 is 5.55. The van der Waals surface area contributed by atoms with E-state index in [9.17, 15) is 14.7 Å². The summed E-state index contributed by atoms with van der Waals surface area (Å²) in [4.78, 5) is 25.8. The van der Waals surface area contributed by atoms with Crippen LogP contribution in [0.5, 0.6) is 0 Å². The highest BCUT2D eigenvalue weighted by Crippen LogP contribution is 2.20. The van der Waals surface area contributed by atoms with Crippen LogP contribution in [0.3, 0.4) is 0 Å². The molecular formula is C14H20N2O4S. The molecule has 2 atom stereocenters. The molecule has 116 valence electrons. The van der Waals surface area contributed by atoms with Gasteiger partial charge in [-0.3, -0.25) is 0 Å². The van der Waals surface area contributed by atoms with Crippen molar-refractivity contribution in [3.63, 3.8) is 0 Å². The van der Waals surface area contributed by atoms with Crippen molar-refractivity contribution in [3.05, 3.63) is 22.4 Å². The Morgan fingerprint density at radius 2 is 2.43 bits per heavy atom. The number of rotatable bonds is 5. The molecule has 1 aromatic heterocycles. The third-order valence-electron chi connectivity index (χ3n) is 3.41. The number of nitrogens with zero attached hydrogens (tertiary/aromatic N) is 1. The number of carboxylic acid groups (broad SMARTS) is 1. The van der Waals surface area contributed by atoms with Crippen molar-refractivity contribution in [2.24, 2.45) is 0 Å². The summed E-state index contributed by atoms with van der Waals surface area (Å²) in [7, 11) is 0. The van der Waals surface area contributed by atoms with Crippen LogP contribution in [0.25, 0.3) is 0 Å². The standard InChI is InChI=1S/C14H20N2O4S/c1-2-20-10-5-3-7-16(9-10)14(19)15-12(13(17)18)11-6-4-8-21-11/h4,6,8,10,12H,2-3,5,7,9H2,1H3,(H,15,19)(H,17,18). The molecule has 2 unspecified atom stereocenters. The Bertz CT molecular complexity index is 475. The van der Waals surface area contributed by atoms with Crippen molar-refractivity contribution in [2.75, 3.05) is 19.7 Å². The van der Waals surface area contributed by atoms with Crippen LogP contribution in [-0.2, 0) is 9.53 Å². The molecular weight excluding hydrogens is 292 g/mol. The highest BCUT2D eigenvalue weighted by molar-refractivity contribution is 7.10. The average molecular weight is 312 g/mol. The van der Waals surface area contributed by atoms with Crippen LogP contribution in [0.4, 0.5) is 4.79 Å². The number of nitrogens with one attached hydrogen (secondary N) is 1. The van der Waals surface area contributed by atoms with E-state index in [0.29, 0.717) is 24.6 Å². The highest BCUT2D eigenvalue weighted by Gasteiger charge is 2.28. The van der Waals surface area contributed by atoms with Crippen LogP contribution in [0, 0.1) is 0 Å². The molecule has 1 saturated heterocycles. The van der Waals surface area contributed by atoms with E-state index in [2.05, 4.69) is 5.32 Å². The van der Waals surface area contributed by atoms with Crippen LogP contribution in [0.1, 0.15) is 30.7 Å². The Morgan fingerprint density at radius 3 is 3.05 bits per heavy atom. The van der Waals surface area contributed by atoms with Gasteiger partial charge >= 0.3 is 12.0 Å². The minimum atomic E-state index is -1.05. The predicted molar refractivity (Wildman–Crippen MR) is 79.4 cm³/mol. The quantitative estimate of drug-likeness (QED) is 0.872. The number of aliphatic carboxylic acids is 1. The van der Waals surface area contributed by atoms with Crippen molar-refractivity contribution < 1.29 is 19.4 Å². The molecule has 2 rings (SSSR count). The fourth-order valence-corrected chi connectivity index (χ4v) is 3.19. The lowest BCUT2D eigenvalue weighted by Crippen LogP contribution is -2.49. The Hall–Kier alpha value is -1.60. The zero-order valence-corrected chi connectivity index (χ0v) is 12.8. The van der Waals surface area contributed by atoms with E-state index in [0.717, 1.165) is 12.8 Å². The Morgan fingerprint density at radius 1 is 1.62 bits per heavy atom. The zero-order valence-electron chi connectivity index (χ0n) is 11.9. The number of carbonyl (C=O) groups is 2. The molecule has 21 heavy (non-hydrogen) atoms. The molecule has 1 aliphatic rings. The molecule has 0 aromatic carbocycles. The second-order valence-electron chi connectivity index (χ2n) is 4.90. The minimum Gasteiger partial charge on any atom is -0.479 e. The van der Waals surface area contributed by atoms with E-state index in [1.54, 1.807) is 22.4 Å². The first-order chi connectivity index (χ1) is 10.1. The fraction of sp³-hybridized carbons (Fsp3) is 0.571. The third-order valence-corrected chi connectivity index (χ3v) is 4.35. The summed E-state index contributed by atoms with van der Waals surface area (Å²) in [5, 5.41) is 13.7. The number of likely N-dealkylation sites (tertiary alicyclic amines) is 1. The molecule has 2 heterocycles. The van der Waals surface area contributed by atoms with Crippen molar-refractivity contribution in [2.45, 2.75) is 31.9 Å². The first-order valence-corrected chi connectivity index (χ1v) is 7.93. The normalized spacial score (nSPS) is 20.0. The molecule has 0 radical (unpaired) electrons. The van der Waals surface area contributed by atoms with Gasteiger partial charge in [0.2, 0.25) is 0 Å². The number of piperidine rings is 1. The lowest BCUT2D eigenvalue weighted by molar-refractivity contribution is -0.139. The van der Waals surface area contributed by atoms with Crippen LogP contribution >= 0.6 is 11.3 Å². The first-order valence-electron chi connectivity index (χ1n) is 7.05. The molecule has 1 aliphatic heterocycles. The van der Waals surface area contributed by atoms with Crippen LogP contribution < -0.4 is 5.32 Å². The second-order valence-corrected chi connectivity index (χ2v) is 5.88. The van der Waals surface area contributed by atoms with Gasteiger partial charge in [0.15, 0.2) is 6.04 Å². The maximum Gasteiger partial charge on any atom is 0.331 e. The lowest BCUT2D eigenvalue weighted by Gasteiger charge is -2.33. The monoisotopic (exact) mass is 312 g/mol. The third kappa shape index (κ3) is 4.18. The Kier molecular flexibility index (Phi) is 5.58. The number of thiophene rings is 1. The van der Waals surface area contributed by atoms with Crippen LogP contribution in [0.15, 0.2) is 17.5 Å². The molecule has 0 aliphatic carbocycles. The van der Waals surface area contributed by atoms with E-state index in [-0.39, 0.29) is 12.1 Å². The molecule has 2 N–H and O–H groups in total. The van der Waals surface area contributed by atoms with Crippen molar-refractivity contribution in [3.8, 4) is 0 Å². The van der Waals surface area contributed by atoms with E-state index < -0.39 is 12.0 Å². The van der Waals surface area contributed by atoms with Gasteiger partial charge in [-0.1, -0.05) is 6.07 Å². The topological polar surface area (TPSA) is 78.9 Å². The van der Waals surface area contributed by atoms with Gasteiger partial charge in [-0.15, -0.1) is 11.3 Å². The molecule has 1 fully saturated rings. The molecule has 2 amide bonds. The van der Waals surface area contributed by atoms with Gasteiger partial charge in [0.05, 0.1) is 6.10 Å². The second kappa shape index (κ2) is 7.42. The molecule has 0 saturated carbocycles. The van der Waals surface area contributed by atoms with Gasteiger partial charge in [-0.05, 0) is 31.2 Å². The van der Waals surface area contributed by atoms with Crippen molar-refractivity contribution >= 4 is 23.3 Å². The number of carboxylic acids is 1. The number of amides is 2. The Balaban J connectivity index is 1.97. The summed E-state index contributed by atoms with van der Waals surface area (Å²) >= 11 is 1.32. The molecule has 6 nitrogen and oxygen atoms in total. The van der Waals surface area contributed by atoms with Gasteiger partial charge in [0, 0.05) is 24.6 Å². The molecule has 0 bridgehead atoms. The number of urea groups is 1. The zero-order chi connectivity index (χ0) is 15.2. The predicted octanol–water partition coefficient (Wildman–Crippen LogP) is 2.08. The van der Waals surface area contributed by atoms with E-state index in [1.165, 1.54) is 11.3 Å². The smallest absolute Gasteiger partial charge is 0.331 e. The average Bonchev–Trinajstić information content (AvgIpc) is 2.98. The van der Waals surface area contributed by atoms with Crippen molar-refractivity contribution in [1.82, 2.24) is 10.2 Å². The maximum atomic E-state index is 12.3. The summed E-state index contributed by atoms with van der Waals surface area (Å²) in [5.74, 6) is -1.05. The van der Waals surface area contributed by atoms with Gasteiger partial charge in [-0.25, -0.2) is 9.59 Å². The molecule has 7 heteroatoms. The van der Waals surface area contributed by atoms with E-state index in [4.69, 9.17) is 4.74 Å².